The van der Waals surface area contributed by atoms with E-state index < -0.39 is 11.7 Å². The molecule has 0 aliphatic heterocycles. The van der Waals surface area contributed by atoms with Crippen molar-refractivity contribution in [2.24, 2.45) is 0 Å². The zero-order chi connectivity index (χ0) is 15.5. The summed E-state index contributed by atoms with van der Waals surface area (Å²) < 4.78 is 39.0. The van der Waals surface area contributed by atoms with Crippen LogP contribution in [0.25, 0.3) is 0 Å². The Morgan fingerprint density at radius 3 is 2.57 bits per heavy atom. The first-order valence-electron chi connectivity index (χ1n) is 6.14. The van der Waals surface area contributed by atoms with Crippen molar-refractivity contribution < 1.29 is 13.2 Å². The van der Waals surface area contributed by atoms with Gasteiger partial charge < -0.3 is 9.88 Å². The standard InChI is InChI=1S/C14H12ClF3N2O/c15-11-9-10(14(16,17)18)4-5-12(11)19-6-8-20-7-2-1-3-13(20)21/h1-5,7,9,19H,6,8H2. The van der Waals surface area contributed by atoms with E-state index in [1.54, 1.807) is 18.3 Å². The summed E-state index contributed by atoms with van der Waals surface area (Å²) in [4.78, 5) is 11.5. The third-order valence-electron chi connectivity index (χ3n) is 2.86. The molecule has 0 atom stereocenters. The van der Waals surface area contributed by atoms with Crippen LogP contribution < -0.4 is 10.9 Å². The molecule has 0 fully saturated rings. The van der Waals surface area contributed by atoms with E-state index in [9.17, 15) is 18.0 Å². The molecule has 2 aromatic rings. The van der Waals surface area contributed by atoms with Crippen LogP contribution in [-0.2, 0) is 12.7 Å². The van der Waals surface area contributed by atoms with Gasteiger partial charge in [-0.3, -0.25) is 4.79 Å². The van der Waals surface area contributed by atoms with Gasteiger partial charge in [-0.1, -0.05) is 17.7 Å². The minimum atomic E-state index is -4.42. The average Bonchev–Trinajstić information content (AvgIpc) is 2.41. The maximum Gasteiger partial charge on any atom is 0.416 e. The van der Waals surface area contributed by atoms with Crippen molar-refractivity contribution >= 4 is 17.3 Å². The number of hydrogen-bond donors (Lipinski definition) is 1. The van der Waals surface area contributed by atoms with Gasteiger partial charge in [0.25, 0.3) is 5.56 Å². The van der Waals surface area contributed by atoms with E-state index in [2.05, 4.69) is 5.32 Å². The Morgan fingerprint density at radius 2 is 1.95 bits per heavy atom. The molecule has 1 heterocycles. The topological polar surface area (TPSA) is 34.0 Å². The van der Waals surface area contributed by atoms with Gasteiger partial charge in [0, 0.05) is 25.4 Å². The van der Waals surface area contributed by atoms with Crippen LogP contribution in [0.15, 0.2) is 47.4 Å². The number of aromatic nitrogens is 1. The molecule has 0 aliphatic rings. The summed E-state index contributed by atoms with van der Waals surface area (Å²) in [5.74, 6) is 0. The van der Waals surface area contributed by atoms with Gasteiger partial charge in [0.2, 0.25) is 0 Å². The number of pyridine rings is 1. The van der Waals surface area contributed by atoms with Crippen molar-refractivity contribution in [3.63, 3.8) is 0 Å². The molecule has 21 heavy (non-hydrogen) atoms. The fourth-order valence-electron chi connectivity index (χ4n) is 1.79. The van der Waals surface area contributed by atoms with Gasteiger partial charge >= 0.3 is 6.18 Å². The van der Waals surface area contributed by atoms with Crippen LogP contribution in [0, 0.1) is 0 Å². The summed E-state index contributed by atoms with van der Waals surface area (Å²) >= 11 is 5.82. The smallest absolute Gasteiger partial charge is 0.382 e. The lowest BCUT2D eigenvalue weighted by molar-refractivity contribution is -0.137. The van der Waals surface area contributed by atoms with Crippen LogP contribution in [0.2, 0.25) is 5.02 Å². The monoisotopic (exact) mass is 316 g/mol. The quantitative estimate of drug-likeness (QED) is 0.934. The second kappa shape index (κ2) is 6.22. The molecule has 0 saturated carbocycles. The summed E-state index contributed by atoms with van der Waals surface area (Å²) in [5.41, 5.74) is -0.538. The molecule has 1 aromatic carbocycles. The molecule has 0 amide bonds. The summed E-state index contributed by atoms with van der Waals surface area (Å²) in [6.07, 6.45) is -2.78. The summed E-state index contributed by atoms with van der Waals surface area (Å²) in [7, 11) is 0. The predicted octanol–water partition coefficient (Wildman–Crippen LogP) is 3.63. The van der Waals surface area contributed by atoms with Crippen LogP contribution >= 0.6 is 11.6 Å². The number of nitrogens with zero attached hydrogens (tertiary/aromatic N) is 1. The number of hydrogen-bond acceptors (Lipinski definition) is 2. The first-order chi connectivity index (χ1) is 9.88. The SMILES string of the molecule is O=c1ccccn1CCNc1ccc(C(F)(F)F)cc1Cl. The minimum absolute atomic E-state index is 0.00904. The van der Waals surface area contributed by atoms with Gasteiger partial charge in [-0.15, -0.1) is 0 Å². The highest BCUT2D eigenvalue weighted by atomic mass is 35.5. The van der Waals surface area contributed by atoms with E-state index in [0.29, 0.717) is 18.8 Å². The zero-order valence-electron chi connectivity index (χ0n) is 10.8. The van der Waals surface area contributed by atoms with Crippen LogP contribution in [0.4, 0.5) is 18.9 Å². The van der Waals surface area contributed by atoms with E-state index >= 15 is 0 Å². The van der Waals surface area contributed by atoms with E-state index in [-0.39, 0.29) is 10.6 Å². The fraction of sp³-hybridized carbons (Fsp3) is 0.214. The Balaban J connectivity index is 2.01. The van der Waals surface area contributed by atoms with Crippen molar-refractivity contribution in [3.05, 3.63) is 63.5 Å². The number of nitrogens with one attached hydrogen (secondary N) is 1. The maximum absolute atomic E-state index is 12.5. The summed E-state index contributed by atoms with van der Waals surface area (Å²) in [5, 5.41) is 2.90. The fourth-order valence-corrected chi connectivity index (χ4v) is 2.04. The summed E-state index contributed by atoms with van der Waals surface area (Å²) in [6.45, 7) is 0.756. The molecule has 0 spiro atoms. The third-order valence-corrected chi connectivity index (χ3v) is 3.18. The second-order valence-corrected chi connectivity index (χ2v) is 4.76. The van der Waals surface area contributed by atoms with Gasteiger partial charge in [0.05, 0.1) is 16.3 Å². The number of halogens is 4. The highest BCUT2D eigenvalue weighted by Gasteiger charge is 2.30. The molecule has 0 saturated heterocycles. The Labute approximate surface area is 124 Å². The normalized spacial score (nSPS) is 11.4. The summed E-state index contributed by atoms with van der Waals surface area (Å²) in [6, 6.07) is 7.91. The first-order valence-corrected chi connectivity index (χ1v) is 6.52. The molecule has 0 aliphatic carbocycles. The Kier molecular flexibility index (Phi) is 4.57. The predicted molar refractivity (Wildman–Crippen MR) is 75.6 cm³/mol. The van der Waals surface area contributed by atoms with Crippen molar-refractivity contribution in [3.8, 4) is 0 Å². The van der Waals surface area contributed by atoms with Crippen molar-refractivity contribution in [1.82, 2.24) is 4.57 Å². The van der Waals surface area contributed by atoms with E-state index in [1.165, 1.54) is 16.7 Å². The van der Waals surface area contributed by atoms with E-state index in [1.807, 2.05) is 0 Å². The Morgan fingerprint density at radius 1 is 1.19 bits per heavy atom. The zero-order valence-corrected chi connectivity index (χ0v) is 11.6. The van der Waals surface area contributed by atoms with Crippen LogP contribution in [-0.4, -0.2) is 11.1 Å². The molecule has 1 aromatic heterocycles. The van der Waals surface area contributed by atoms with Crippen LogP contribution in [0.3, 0.4) is 0 Å². The number of benzene rings is 1. The first kappa shape index (κ1) is 15.4. The molecular weight excluding hydrogens is 305 g/mol. The van der Waals surface area contributed by atoms with Crippen LogP contribution in [0.1, 0.15) is 5.56 Å². The van der Waals surface area contributed by atoms with Gasteiger partial charge in [-0.2, -0.15) is 13.2 Å². The van der Waals surface area contributed by atoms with E-state index in [0.717, 1.165) is 12.1 Å². The number of anilines is 1. The maximum atomic E-state index is 12.5. The molecule has 2 rings (SSSR count). The Hall–Kier alpha value is -1.95. The lowest BCUT2D eigenvalue weighted by Crippen LogP contribution is -2.22. The minimum Gasteiger partial charge on any atom is -0.382 e. The van der Waals surface area contributed by atoms with E-state index in [4.69, 9.17) is 11.6 Å². The van der Waals surface area contributed by atoms with Gasteiger partial charge in [-0.05, 0) is 24.3 Å². The van der Waals surface area contributed by atoms with Crippen molar-refractivity contribution in [2.45, 2.75) is 12.7 Å². The lowest BCUT2D eigenvalue weighted by atomic mass is 10.2. The third kappa shape index (κ3) is 4.01. The van der Waals surface area contributed by atoms with Crippen molar-refractivity contribution in [2.75, 3.05) is 11.9 Å². The van der Waals surface area contributed by atoms with Crippen molar-refractivity contribution in [1.29, 1.82) is 0 Å². The largest absolute Gasteiger partial charge is 0.416 e. The number of rotatable bonds is 4. The molecule has 0 radical (unpaired) electrons. The average molecular weight is 317 g/mol. The molecular formula is C14H12ClF3N2O. The van der Waals surface area contributed by atoms with Crippen LogP contribution in [0.5, 0.6) is 0 Å². The molecule has 1 N–H and O–H groups in total. The molecule has 3 nitrogen and oxygen atoms in total. The highest BCUT2D eigenvalue weighted by molar-refractivity contribution is 6.33. The highest BCUT2D eigenvalue weighted by Crippen LogP contribution is 2.33. The van der Waals surface area contributed by atoms with Gasteiger partial charge in [0.15, 0.2) is 0 Å². The molecule has 112 valence electrons. The molecule has 0 bridgehead atoms. The van der Waals surface area contributed by atoms with Gasteiger partial charge in [-0.25, -0.2) is 0 Å². The van der Waals surface area contributed by atoms with Gasteiger partial charge in [0.1, 0.15) is 0 Å². The molecule has 7 heteroatoms. The molecule has 0 unspecified atom stereocenters. The Bertz CT molecular complexity index is 682. The second-order valence-electron chi connectivity index (χ2n) is 4.35. The number of alkyl halides is 3. The lowest BCUT2D eigenvalue weighted by Gasteiger charge is -2.12.